The molecule has 0 rings (SSSR count). The van der Waals surface area contributed by atoms with Crippen molar-refractivity contribution in [2.75, 3.05) is 13.2 Å². The first kappa shape index (κ1) is 69.4. The molecule has 422 valence electrons. The molecule has 0 saturated heterocycles. The smallest absolute Gasteiger partial charge is 0.306 e. The van der Waals surface area contributed by atoms with Crippen molar-refractivity contribution in [2.24, 2.45) is 17.8 Å². The van der Waals surface area contributed by atoms with Crippen LogP contribution in [0.25, 0.3) is 0 Å². The molecule has 0 spiro atoms. The van der Waals surface area contributed by atoms with E-state index >= 15 is 0 Å². The molecule has 0 N–H and O–H groups in total. The number of unbranched alkanes of at least 4 members (excludes halogenated alkanes) is 40. The van der Waals surface area contributed by atoms with Gasteiger partial charge in [-0.15, -0.1) is 0 Å². The van der Waals surface area contributed by atoms with Gasteiger partial charge in [0.1, 0.15) is 13.2 Å². The third kappa shape index (κ3) is 57.5. The van der Waals surface area contributed by atoms with Crippen LogP contribution in [0.4, 0.5) is 0 Å². The van der Waals surface area contributed by atoms with Crippen molar-refractivity contribution in [3.63, 3.8) is 0 Å². The molecular formula is C65H126O6. The van der Waals surface area contributed by atoms with Crippen LogP contribution in [-0.4, -0.2) is 37.2 Å². The van der Waals surface area contributed by atoms with Crippen LogP contribution in [0, 0.1) is 17.8 Å². The molecule has 1 unspecified atom stereocenters. The summed E-state index contributed by atoms with van der Waals surface area (Å²) in [6.45, 7) is 13.8. The van der Waals surface area contributed by atoms with Crippen LogP contribution < -0.4 is 0 Å². The zero-order valence-corrected chi connectivity index (χ0v) is 49.0. The van der Waals surface area contributed by atoms with Crippen LogP contribution in [0.5, 0.6) is 0 Å². The van der Waals surface area contributed by atoms with Gasteiger partial charge in [0, 0.05) is 19.3 Å². The first-order valence-electron chi connectivity index (χ1n) is 32.1. The minimum Gasteiger partial charge on any atom is -0.462 e. The van der Waals surface area contributed by atoms with Crippen LogP contribution in [0.15, 0.2) is 0 Å². The van der Waals surface area contributed by atoms with Gasteiger partial charge in [0.25, 0.3) is 0 Å². The molecule has 0 radical (unpaired) electrons. The molecule has 0 aromatic carbocycles. The molecule has 0 amide bonds. The Kier molecular flexibility index (Phi) is 54.9. The van der Waals surface area contributed by atoms with E-state index in [2.05, 4.69) is 41.5 Å². The monoisotopic (exact) mass is 1000 g/mol. The van der Waals surface area contributed by atoms with Crippen LogP contribution in [0.2, 0.25) is 0 Å². The second-order valence-corrected chi connectivity index (χ2v) is 23.6. The maximum Gasteiger partial charge on any atom is 0.306 e. The summed E-state index contributed by atoms with van der Waals surface area (Å²) in [5, 5.41) is 0. The summed E-state index contributed by atoms with van der Waals surface area (Å²) in [6, 6.07) is 0. The van der Waals surface area contributed by atoms with E-state index in [9.17, 15) is 14.4 Å². The van der Waals surface area contributed by atoms with Crippen molar-refractivity contribution in [3.05, 3.63) is 0 Å². The number of rotatable bonds is 58. The van der Waals surface area contributed by atoms with E-state index < -0.39 is 6.10 Å². The highest BCUT2D eigenvalue weighted by Crippen LogP contribution is 2.19. The van der Waals surface area contributed by atoms with Crippen molar-refractivity contribution in [1.29, 1.82) is 0 Å². The zero-order chi connectivity index (χ0) is 51.9. The number of carbonyl (C=O) groups is 3. The number of ether oxygens (including phenoxy) is 3. The molecule has 0 fully saturated rings. The number of hydrogen-bond acceptors (Lipinski definition) is 6. The van der Waals surface area contributed by atoms with Crippen molar-refractivity contribution in [3.8, 4) is 0 Å². The fourth-order valence-electron chi connectivity index (χ4n) is 10.0. The average Bonchev–Trinajstić information content (AvgIpc) is 3.35. The Morgan fingerprint density at radius 3 is 0.732 bits per heavy atom. The molecule has 71 heavy (non-hydrogen) atoms. The minimum atomic E-state index is -0.765. The van der Waals surface area contributed by atoms with E-state index in [0.717, 1.165) is 75.5 Å². The van der Waals surface area contributed by atoms with Crippen molar-refractivity contribution in [2.45, 2.75) is 369 Å². The highest BCUT2D eigenvalue weighted by molar-refractivity contribution is 5.71. The van der Waals surface area contributed by atoms with Crippen molar-refractivity contribution >= 4 is 17.9 Å². The normalized spacial score (nSPS) is 12.5. The van der Waals surface area contributed by atoms with Crippen LogP contribution in [-0.2, 0) is 28.6 Å². The van der Waals surface area contributed by atoms with Gasteiger partial charge in [0.2, 0.25) is 0 Å². The lowest BCUT2D eigenvalue weighted by atomic mass is 9.99. The molecule has 0 heterocycles. The second kappa shape index (κ2) is 56.1. The molecule has 0 saturated carbocycles. The maximum atomic E-state index is 12.9. The minimum absolute atomic E-state index is 0.0625. The third-order valence-electron chi connectivity index (χ3n) is 15.3. The van der Waals surface area contributed by atoms with E-state index in [1.54, 1.807) is 0 Å². The number of hydrogen-bond donors (Lipinski definition) is 0. The highest BCUT2D eigenvalue weighted by atomic mass is 16.6. The largest absolute Gasteiger partial charge is 0.462 e. The fraction of sp³-hybridized carbons (Fsp3) is 0.954. The second-order valence-electron chi connectivity index (χ2n) is 23.6. The van der Waals surface area contributed by atoms with E-state index in [-0.39, 0.29) is 31.1 Å². The molecule has 0 bridgehead atoms. The van der Waals surface area contributed by atoms with Gasteiger partial charge < -0.3 is 14.2 Å². The molecule has 0 aliphatic heterocycles. The standard InChI is InChI=1S/C65H126O6/c1-7-61(6)53-47-41-35-29-23-17-12-14-19-25-31-37-43-49-55-64(67)70-58-62(57-69-63(66)54-48-42-36-30-24-18-13-11-16-22-28-34-40-46-52-60(4)5)71-65(68)56-50-44-38-32-26-20-10-8-9-15-21-27-33-39-45-51-59(2)3/h59-62H,7-58H2,1-6H3/t61?,62-/m0/s1. The quantitative estimate of drug-likeness (QED) is 0.0343. The van der Waals surface area contributed by atoms with Crippen LogP contribution in [0.1, 0.15) is 363 Å². The Morgan fingerprint density at radius 2 is 0.493 bits per heavy atom. The maximum absolute atomic E-state index is 12.9. The Hall–Kier alpha value is -1.59. The Labute approximate surface area is 444 Å². The van der Waals surface area contributed by atoms with Crippen molar-refractivity contribution < 1.29 is 28.6 Å². The van der Waals surface area contributed by atoms with Gasteiger partial charge in [-0.05, 0) is 37.0 Å². The van der Waals surface area contributed by atoms with E-state index in [1.165, 1.54) is 244 Å². The van der Waals surface area contributed by atoms with Gasteiger partial charge in [-0.2, -0.15) is 0 Å². The molecule has 0 aliphatic carbocycles. The predicted molar refractivity (Wildman–Crippen MR) is 307 cm³/mol. The summed E-state index contributed by atoms with van der Waals surface area (Å²) < 4.78 is 17.0. The van der Waals surface area contributed by atoms with Gasteiger partial charge >= 0.3 is 17.9 Å². The van der Waals surface area contributed by atoms with Crippen molar-refractivity contribution in [1.82, 2.24) is 0 Å². The first-order valence-corrected chi connectivity index (χ1v) is 32.1. The van der Waals surface area contributed by atoms with Gasteiger partial charge in [0.15, 0.2) is 6.10 Å². The lowest BCUT2D eigenvalue weighted by Crippen LogP contribution is -2.30. The topological polar surface area (TPSA) is 78.9 Å². The van der Waals surface area contributed by atoms with Gasteiger partial charge in [-0.1, -0.05) is 324 Å². The summed E-state index contributed by atoms with van der Waals surface area (Å²) in [5.74, 6) is 1.75. The van der Waals surface area contributed by atoms with Gasteiger partial charge in [-0.3, -0.25) is 14.4 Å². The Morgan fingerprint density at radius 1 is 0.282 bits per heavy atom. The molecule has 0 aliphatic rings. The average molecular weight is 1000 g/mol. The van der Waals surface area contributed by atoms with E-state index in [4.69, 9.17) is 14.2 Å². The number of esters is 3. The Bertz CT molecular complexity index is 1100. The van der Waals surface area contributed by atoms with E-state index in [1.807, 2.05) is 0 Å². The summed E-state index contributed by atoms with van der Waals surface area (Å²) in [7, 11) is 0. The first-order chi connectivity index (χ1) is 34.6. The molecular weight excluding hydrogens is 877 g/mol. The van der Waals surface area contributed by atoms with Gasteiger partial charge in [-0.25, -0.2) is 0 Å². The molecule has 0 aromatic rings. The SMILES string of the molecule is CCC(C)CCCCCCCCCCCCCCCCC(=O)OC[C@H](COC(=O)CCCCCCCCCCCCCCCCC(C)C)OC(=O)CCCCCCCCCCCCCCCCCC(C)C. The number of carbonyl (C=O) groups excluding carboxylic acids is 3. The zero-order valence-electron chi connectivity index (χ0n) is 49.0. The summed E-state index contributed by atoms with van der Waals surface area (Å²) >= 11 is 0. The molecule has 2 atom stereocenters. The van der Waals surface area contributed by atoms with Gasteiger partial charge in [0.05, 0.1) is 0 Å². The predicted octanol–water partition coefficient (Wildman–Crippen LogP) is 21.5. The third-order valence-corrected chi connectivity index (χ3v) is 15.3. The molecule has 6 heteroatoms. The highest BCUT2D eigenvalue weighted by Gasteiger charge is 2.19. The Balaban J connectivity index is 4.30. The molecule has 0 aromatic heterocycles. The van der Waals surface area contributed by atoms with Crippen LogP contribution >= 0.6 is 0 Å². The molecule has 6 nitrogen and oxygen atoms in total. The summed E-state index contributed by atoms with van der Waals surface area (Å²) in [5.41, 5.74) is 0. The van der Waals surface area contributed by atoms with Crippen LogP contribution in [0.3, 0.4) is 0 Å². The fourth-order valence-corrected chi connectivity index (χ4v) is 10.0. The summed E-state index contributed by atoms with van der Waals surface area (Å²) in [4.78, 5) is 38.3. The van der Waals surface area contributed by atoms with E-state index in [0.29, 0.717) is 19.3 Å². The lowest BCUT2D eigenvalue weighted by Gasteiger charge is -2.18. The lowest BCUT2D eigenvalue weighted by molar-refractivity contribution is -0.167. The summed E-state index contributed by atoms with van der Waals surface area (Å²) in [6.07, 6.45) is 60.9.